The summed E-state index contributed by atoms with van der Waals surface area (Å²) in [5.74, 6) is 0. The van der Waals surface area contributed by atoms with Crippen molar-refractivity contribution in [2.45, 2.75) is 13.5 Å². The van der Waals surface area contributed by atoms with Gasteiger partial charge in [0, 0.05) is 0 Å². The number of hydrogen-bond donors (Lipinski definition) is 1. The summed E-state index contributed by atoms with van der Waals surface area (Å²) in [7, 11) is 0. The lowest BCUT2D eigenvalue weighted by molar-refractivity contribution is 0.631. The van der Waals surface area contributed by atoms with Crippen LogP contribution in [0.4, 0.5) is 5.69 Å². The second kappa shape index (κ2) is 4.18. The van der Waals surface area contributed by atoms with Gasteiger partial charge in [-0.05, 0) is 18.6 Å². The normalized spacial score (nSPS) is 10.3. The number of nitrogen functional groups attached to an aromatic ring is 1. The quantitative estimate of drug-likeness (QED) is 0.818. The highest BCUT2D eigenvalue weighted by Gasteiger charge is 2.03. The Kier molecular flexibility index (Phi) is 2.72. The maximum absolute atomic E-state index is 11.7. The molecule has 0 radical (unpaired) electrons. The van der Waals surface area contributed by atoms with E-state index in [4.69, 9.17) is 5.73 Å². The molecule has 4 nitrogen and oxygen atoms in total. The van der Waals surface area contributed by atoms with E-state index in [9.17, 15) is 4.79 Å². The van der Waals surface area contributed by atoms with E-state index in [1.165, 1.54) is 4.68 Å². The van der Waals surface area contributed by atoms with Gasteiger partial charge in [0.15, 0.2) is 0 Å². The van der Waals surface area contributed by atoms with Gasteiger partial charge in [-0.2, -0.15) is 5.10 Å². The first-order valence-corrected chi connectivity index (χ1v) is 5.05. The van der Waals surface area contributed by atoms with E-state index in [2.05, 4.69) is 5.10 Å². The molecule has 0 aliphatic heterocycles. The smallest absolute Gasteiger partial charge is 0.290 e. The zero-order valence-corrected chi connectivity index (χ0v) is 9.05. The summed E-state index contributed by atoms with van der Waals surface area (Å²) in [6, 6.07) is 11.3. The van der Waals surface area contributed by atoms with Gasteiger partial charge in [0.1, 0.15) is 5.69 Å². The monoisotopic (exact) mass is 215 g/mol. The van der Waals surface area contributed by atoms with E-state index < -0.39 is 0 Å². The van der Waals surface area contributed by atoms with Gasteiger partial charge in [0.25, 0.3) is 5.56 Å². The van der Waals surface area contributed by atoms with Crippen LogP contribution in [0.25, 0.3) is 0 Å². The molecule has 0 aliphatic carbocycles. The maximum atomic E-state index is 11.7. The summed E-state index contributed by atoms with van der Waals surface area (Å²) in [5, 5.41) is 4.15. The number of rotatable bonds is 2. The molecule has 16 heavy (non-hydrogen) atoms. The molecule has 2 rings (SSSR count). The lowest BCUT2D eigenvalue weighted by atomic mass is 10.2. The molecule has 0 saturated heterocycles. The molecule has 0 bridgehead atoms. The van der Waals surface area contributed by atoms with Gasteiger partial charge in [-0.3, -0.25) is 4.79 Å². The summed E-state index contributed by atoms with van der Waals surface area (Å²) in [6.45, 7) is 2.27. The van der Waals surface area contributed by atoms with Crippen molar-refractivity contribution in [2.75, 3.05) is 5.73 Å². The fourth-order valence-electron chi connectivity index (χ4n) is 1.56. The van der Waals surface area contributed by atoms with Gasteiger partial charge in [-0.1, -0.05) is 30.3 Å². The first-order valence-electron chi connectivity index (χ1n) is 5.05. The maximum Gasteiger partial charge on any atom is 0.290 e. The van der Waals surface area contributed by atoms with Gasteiger partial charge < -0.3 is 5.73 Å². The Labute approximate surface area is 93.3 Å². The molecule has 0 amide bonds. The molecular weight excluding hydrogens is 202 g/mol. The van der Waals surface area contributed by atoms with E-state index in [1.807, 2.05) is 37.3 Å². The standard InChI is InChI=1S/C12H13N3O/c1-9-7-11(13)12(16)15(14-9)8-10-5-3-2-4-6-10/h2-7H,8,13H2,1H3. The number of hydrogen-bond acceptors (Lipinski definition) is 3. The number of benzene rings is 1. The fraction of sp³-hybridized carbons (Fsp3) is 0.167. The largest absolute Gasteiger partial charge is 0.394 e. The van der Waals surface area contributed by atoms with Crippen LogP contribution in [0.3, 0.4) is 0 Å². The van der Waals surface area contributed by atoms with E-state index in [0.717, 1.165) is 11.3 Å². The van der Waals surface area contributed by atoms with Crippen molar-refractivity contribution in [2.24, 2.45) is 0 Å². The summed E-state index contributed by atoms with van der Waals surface area (Å²) < 4.78 is 1.39. The van der Waals surface area contributed by atoms with Gasteiger partial charge in [0.05, 0.1) is 12.2 Å². The van der Waals surface area contributed by atoms with Gasteiger partial charge >= 0.3 is 0 Å². The van der Waals surface area contributed by atoms with Crippen LogP contribution in [0, 0.1) is 6.92 Å². The van der Waals surface area contributed by atoms with E-state index in [1.54, 1.807) is 6.07 Å². The van der Waals surface area contributed by atoms with Crippen LogP contribution in [0.5, 0.6) is 0 Å². The van der Waals surface area contributed by atoms with E-state index in [-0.39, 0.29) is 11.2 Å². The Hall–Kier alpha value is -2.10. The predicted molar refractivity (Wildman–Crippen MR) is 63.2 cm³/mol. The second-order valence-corrected chi connectivity index (χ2v) is 3.69. The Bertz CT molecular complexity index is 546. The third-order valence-electron chi connectivity index (χ3n) is 2.30. The average Bonchev–Trinajstić information content (AvgIpc) is 2.27. The topological polar surface area (TPSA) is 60.9 Å². The SMILES string of the molecule is Cc1cc(N)c(=O)n(Cc2ccccc2)n1. The zero-order chi connectivity index (χ0) is 11.5. The molecule has 4 heteroatoms. The molecule has 1 aromatic carbocycles. The highest BCUT2D eigenvalue weighted by atomic mass is 16.1. The lowest BCUT2D eigenvalue weighted by Crippen LogP contribution is -2.26. The van der Waals surface area contributed by atoms with Crippen LogP contribution in [0.2, 0.25) is 0 Å². The van der Waals surface area contributed by atoms with Crippen LogP contribution in [0.1, 0.15) is 11.3 Å². The Balaban J connectivity index is 2.39. The fourth-order valence-corrected chi connectivity index (χ4v) is 1.56. The van der Waals surface area contributed by atoms with Crippen LogP contribution < -0.4 is 11.3 Å². The third kappa shape index (κ3) is 2.11. The number of nitrogens with two attached hydrogens (primary N) is 1. The molecule has 0 unspecified atom stereocenters. The van der Waals surface area contributed by atoms with Crippen molar-refractivity contribution >= 4 is 5.69 Å². The summed E-state index contributed by atoms with van der Waals surface area (Å²) >= 11 is 0. The molecule has 2 aromatic rings. The van der Waals surface area contributed by atoms with Crippen LogP contribution in [0.15, 0.2) is 41.2 Å². The van der Waals surface area contributed by atoms with Crippen LogP contribution in [-0.4, -0.2) is 9.78 Å². The van der Waals surface area contributed by atoms with E-state index in [0.29, 0.717) is 6.54 Å². The molecule has 1 heterocycles. The summed E-state index contributed by atoms with van der Waals surface area (Å²) in [6.07, 6.45) is 0. The highest BCUT2D eigenvalue weighted by molar-refractivity contribution is 5.35. The first-order chi connectivity index (χ1) is 7.66. The predicted octanol–water partition coefficient (Wildman–Crippen LogP) is 1.18. The van der Waals surface area contributed by atoms with Crippen molar-refractivity contribution < 1.29 is 0 Å². The minimum absolute atomic E-state index is 0.239. The number of anilines is 1. The second-order valence-electron chi connectivity index (χ2n) is 3.69. The van der Waals surface area contributed by atoms with Crippen LogP contribution in [-0.2, 0) is 6.54 Å². The minimum Gasteiger partial charge on any atom is -0.394 e. The molecule has 0 aliphatic rings. The minimum atomic E-state index is -0.241. The van der Waals surface area contributed by atoms with Crippen molar-refractivity contribution in [3.63, 3.8) is 0 Å². The molecule has 0 atom stereocenters. The third-order valence-corrected chi connectivity index (χ3v) is 2.30. The Morgan fingerprint density at radius 1 is 1.31 bits per heavy atom. The number of nitrogens with zero attached hydrogens (tertiary/aromatic N) is 2. The molecule has 1 aromatic heterocycles. The molecule has 0 saturated carbocycles. The van der Waals surface area contributed by atoms with Crippen LogP contribution >= 0.6 is 0 Å². The summed E-state index contributed by atoms with van der Waals surface area (Å²) in [5.41, 5.74) is 7.37. The first kappa shape index (κ1) is 10.4. The molecule has 82 valence electrons. The Morgan fingerprint density at radius 3 is 2.69 bits per heavy atom. The molecule has 2 N–H and O–H groups in total. The van der Waals surface area contributed by atoms with Crippen molar-refractivity contribution in [3.8, 4) is 0 Å². The van der Waals surface area contributed by atoms with Gasteiger partial charge in [-0.25, -0.2) is 4.68 Å². The van der Waals surface area contributed by atoms with Gasteiger partial charge in [-0.15, -0.1) is 0 Å². The summed E-state index contributed by atoms with van der Waals surface area (Å²) in [4.78, 5) is 11.7. The van der Waals surface area contributed by atoms with Gasteiger partial charge in [0.2, 0.25) is 0 Å². The molecular formula is C12H13N3O. The average molecular weight is 215 g/mol. The lowest BCUT2D eigenvalue weighted by Gasteiger charge is -2.06. The zero-order valence-electron chi connectivity index (χ0n) is 9.05. The highest BCUT2D eigenvalue weighted by Crippen LogP contribution is 2.01. The van der Waals surface area contributed by atoms with E-state index >= 15 is 0 Å². The number of aromatic nitrogens is 2. The van der Waals surface area contributed by atoms with Crippen molar-refractivity contribution in [1.29, 1.82) is 0 Å². The van der Waals surface area contributed by atoms with Crippen molar-refractivity contribution in [1.82, 2.24) is 9.78 Å². The Morgan fingerprint density at radius 2 is 2.00 bits per heavy atom. The molecule has 0 spiro atoms. The molecule has 0 fully saturated rings. The van der Waals surface area contributed by atoms with Crippen molar-refractivity contribution in [3.05, 3.63) is 58.0 Å². The number of aryl methyl sites for hydroxylation is 1.